The molecule has 0 bridgehead atoms. The first-order valence-corrected chi connectivity index (χ1v) is 5.18. The van der Waals surface area contributed by atoms with Gasteiger partial charge in [0.2, 0.25) is 5.89 Å². The SMILES string of the molecule is CN(C)c1noc(CNc2ccc(O)cc2)n1. The molecule has 1 aromatic carbocycles. The lowest BCUT2D eigenvalue weighted by Gasteiger charge is -2.03. The number of aromatic hydroxyl groups is 1. The van der Waals surface area contributed by atoms with Crippen LogP contribution >= 0.6 is 0 Å². The standard InChI is InChI=1S/C11H14N4O2/c1-15(2)11-13-10(17-14-11)7-12-8-3-5-9(16)6-4-8/h3-6,12,16H,7H2,1-2H3. The summed E-state index contributed by atoms with van der Waals surface area (Å²) in [5.74, 6) is 1.30. The molecule has 90 valence electrons. The molecular formula is C11H14N4O2. The van der Waals surface area contributed by atoms with Crippen LogP contribution in [0.1, 0.15) is 5.89 Å². The van der Waals surface area contributed by atoms with Crippen LogP contribution in [0.4, 0.5) is 11.6 Å². The fraction of sp³-hybridized carbons (Fsp3) is 0.273. The monoisotopic (exact) mass is 234 g/mol. The largest absolute Gasteiger partial charge is 0.508 e. The van der Waals surface area contributed by atoms with Gasteiger partial charge in [0.15, 0.2) is 0 Å². The summed E-state index contributed by atoms with van der Waals surface area (Å²) in [6, 6.07) is 6.78. The first-order chi connectivity index (χ1) is 8.15. The van der Waals surface area contributed by atoms with Crippen LogP contribution in [0.5, 0.6) is 5.75 Å². The highest BCUT2D eigenvalue weighted by atomic mass is 16.5. The predicted octanol–water partition coefficient (Wildman–Crippen LogP) is 1.45. The number of aromatic nitrogens is 2. The lowest BCUT2D eigenvalue weighted by atomic mass is 10.3. The van der Waals surface area contributed by atoms with Crippen LogP contribution < -0.4 is 10.2 Å². The van der Waals surface area contributed by atoms with Crippen molar-refractivity contribution in [2.75, 3.05) is 24.3 Å². The number of hydrogen-bond acceptors (Lipinski definition) is 6. The molecule has 0 spiro atoms. The fourth-order valence-electron chi connectivity index (χ4n) is 1.26. The van der Waals surface area contributed by atoms with Gasteiger partial charge >= 0.3 is 0 Å². The highest BCUT2D eigenvalue weighted by molar-refractivity contribution is 5.45. The average Bonchev–Trinajstić information content (AvgIpc) is 2.77. The number of phenolic OH excluding ortho intramolecular Hbond substituents is 1. The van der Waals surface area contributed by atoms with Crippen LogP contribution in [0.25, 0.3) is 0 Å². The molecule has 1 heterocycles. The molecular weight excluding hydrogens is 220 g/mol. The number of benzene rings is 1. The van der Waals surface area contributed by atoms with E-state index in [1.165, 1.54) is 0 Å². The first kappa shape index (κ1) is 11.3. The number of rotatable bonds is 4. The van der Waals surface area contributed by atoms with E-state index in [0.29, 0.717) is 18.4 Å². The Bertz CT molecular complexity index is 478. The van der Waals surface area contributed by atoms with Crippen molar-refractivity contribution in [1.29, 1.82) is 0 Å². The Kier molecular flexibility index (Phi) is 3.13. The van der Waals surface area contributed by atoms with E-state index in [9.17, 15) is 0 Å². The Morgan fingerprint density at radius 3 is 2.59 bits per heavy atom. The van der Waals surface area contributed by atoms with Crippen LogP contribution in [0.3, 0.4) is 0 Å². The third-order valence-corrected chi connectivity index (χ3v) is 2.17. The molecule has 2 N–H and O–H groups in total. The van der Waals surface area contributed by atoms with E-state index >= 15 is 0 Å². The normalized spacial score (nSPS) is 10.2. The van der Waals surface area contributed by atoms with Crippen LogP contribution in [-0.2, 0) is 6.54 Å². The van der Waals surface area contributed by atoms with Crippen molar-refractivity contribution in [2.45, 2.75) is 6.54 Å². The van der Waals surface area contributed by atoms with Gasteiger partial charge in [0.1, 0.15) is 5.75 Å². The van der Waals surface area contributed by atoms with Gasteiger partial charge in [0, 0.05) is 19.8 Å². The minimum absolute atomic E-state index is 0.239. The molecule has 0 aliphatic heterocycles. The zero-order chi connectivity index (χ0) is 12.3. The highest BCUT2D eigenvalue weighted by Crippen LogP contribution is 2.14. The van der Waals surface area contributed by atoms with Crippen molar-refractivity contribution in [3.8, 4) is 5.75 Å². The summed E-state index contributed by atoms with van der Waals surface area (Å²) in [6.45, 7) is 0.450. The lowest BCUT2D eigenvalue weighted by molar-refractivity contribution is 0.383. The lowest BCUT2D eigenvalue weighted by Crippen LogP contribution is -2.10. The maximum Gasteiger partial charge on any atom is 0.265 e. The number of anilines is 2. The van der Waals surface area contributed by atoms with Gasteiger partial charge in [-0.2, -0.15) is 4.98 Å². The van der Waals surface area contributed by atoms with Gasteiger partial charge in [-0.25, -0.2) is 0 Å². The number of hydrogen-bond donors (Lipinski definition) is 2. The predicted molar refractivity (Wildman–Crippen MR) is 64.1 cm³/mol. The Balaban J connectivity index is 1.95. The summed E-state index contributed by atoms with van der Waals surface area (Å²) in [5.41, 5.74) is 0.882. The number of phenols is 1. The van der Waals surface area contributed by atoms with Gasteiger partial charge in [-0.15, -0.1) is 0 Å². The van der Waals surface area contributed by atoms with Gasteiger partial charge in [-0.1, -0.05) is 0 Å². The molecule has 0 unspecified atom stereocenters. The zero-order valence-electron chi connectivity index (χ0n) is 9.71. The summed E-state index contributed by atoms with van der Waals surface area (Å²) in [7, 11) is 3.70. The van der Waals surface area contributed by atoms with E-state index in [-0.39, 0.29) is 5.75 Å². The van der Waals surface area contributed by atoms with Gasteiger partial charge in [-0.3, -0.25) is 0 Å². The molecule has 2 aromatic rings. The topological polar surface area (TPSA) is 74.4 Å². The molecule has 0 fully saturated rings. The molecule has 6 heteroatoms. The maximum absolute atomic E-state index is 9.13. The van der Waals surface area contributed by atoms with Crippen molar-refractivity contribution in [2.24, 2.45) is 0 Å². The molecule has 0 atom stereocenters. The van der Waals surface area contributed by atoms with E-state index < -0.39 is 0 Å². The van der Waals surface area contributed by atoms with Crippen molar-refractivity contribution < 1.29 is 9.63 Å². The van der Waals surface area contributed by atoms with Crippen LogP contribution in [-0.4, -0.2) is 29.3 Å². The third kappa shape index (κ3) is 2.87. The van der Waals surface area contributed by atoms with Gasteiger partial charge in [-0.05, 0) is 29.4 Å². The quantitative estimate of drug-likeness (QED) is 0.780. The number of nitrogens with one attached hydrogen (secondary N) is 1. The molecule has 17 heavy (non-hydrogen) atoms. The van der Waals surface area contributed by atoms with Crippen LogP contribution in [0.15, 0.2) is 28.8 Å². The summed E-state index contributed by atoms with van der Waals surface area (Å²) in [6.07, 6.45) is 0. The highest BCUT2D eigenvalue weighted by Gasteiger charge is 2.06. The summed E-state index contributed by atoms with van der Waals surface area (Å²) in [4.78, 5) is 5.95. The van der Waals surface area contributed by atoms with E-state index in [2.05, 4.69) is 15.5 Å². The minimum atomic E-state index is 0.239. The minimum Gasteiger partial charge on any atom is -0.508 e. The zero-order valence-corrected chi connectivity index (χ0v) is 9.71. The molecule has 0 aliphatic rings. The molecule has 0 saturated carbocycles. The molecule has 6 nitrogen and oxygen atoms in total. The van der Waals surface area contributed by atoms with E-state index in [1.807, 2.05) is 14.1 Å². The molecule has 1 aromatic heterocycles. The average molecular weight is 234 g/mol. The third-order valence-electron chi connectivity index (χ3n) is 2.17. The maximum atomic E-state index is 9.13. The van der Waals surface area contributed by atoms with Crippen molar-refractivity contribution in [3.63, 3.8) is 0 Å². The molecule has 2 rings (SSSR count). The van der Waals surface area contributed by atoms with Crippen LogP contribution in [0, 0.1) is 0 Å². The van der Waals surface area contributed by atoms with Gasteiger partial charge in [0.05, 0.1) is 6.54 Å². The van der Waals surface area contributed by atoms with E-state index in [1.54, 1.807) is 29.2 Å². The summed E-state index contributed by atoms with van der Waals surface area (Å²) < 4.78 is 5.06. The van der Waals surface area contributed by atoms with Crippen molar-refractivity contribution in [1.82, 2.24) is 10.1 Å². The second-order valence-corrected chi connectivity index (χ2v) is 3.78. The molecule has 0 radical (unpaired) electrons. The number of nitrogens with zero attached hydrogens (tertiary/aromatic N) is 3. The Hall–Kier alpha value is -2.24. The smallest absolute Gasteiger partial charge is 0.265 e. The van der Waals surface area contributed by atoms with E-state index in [4.69, 9.17) is 9.63 Å². The van der Waals surface area contributed by atoms with E-state index in [0.717, 1.165) is 5.69 Å². The summed E-state index contributed by atoms with van der Waals surface area (Å²) in [5, 5.41) is 16.0. The summed E-state index contributed by atoms with van der Waals surface area (Å²) >= 11 is 0. The first-order valence-electron chi connectivity index (χ1n) is 5.18. The van der Waals surface area contributed by atoms with Gasteiger partial charge in [0.25, 0.3) is 5.95 Å². The van der Waals surface area contributed by atoms with Crippen LogP contribution in [0.2, 0.25) is 0 Å². The Labute approximate surface area is 98.9 Å². The molecule has 0 saturated heterocycles. The molecule has 0 aliphatic carbocycles. The van der Waals surface area contributed by atoms with Gasteiger partial charge < -0.3 is 19.8 Å². The van der Waals surface area contributed by atoms with Crippen molar-refractivity contribution >= 4 is 11.6 Å². The molecule has 0 amide bonds. The van der Waals surface area contributed by atoms with Crippen molar-refractivity contribution in [3.05, 3.63) is 30.2 Å². The second kappa shape index (κ2) is 4.73. The second-order valence-electron chi connectivity index (χ2n) is 3.78. The fourth-order valence-corrected chi connectivity index (χ4v) is 1.26. The Morgan fingerprint density at radius 1 is 1.29 bits per heavy atom. The Morgan fingerprint density at radius 2 is 2.00 bits per heavy atom.